The number of benzene rings is 3. The molecule has 5 heteroatoms. The van der Waals surface area contributed by atoms with Gasteiger partial charge in [0.2, 0.25) is 5.91 Å². The Balaban J connectivity index is 1.45. The summed E-state index contributed by atoms with van der Waals surface area (Å²) in [5.74, 6) is 1.34. The molecule has 0 unspecified atom stereocenters. The van der Waals surface area contributed by atoms with Gasteiger partial charge in [0.25, 0.3) is 0 Å². The van der Waals surface area contributed by atoms with E-state index in [4.69, 9.17) is 9.47 Å². The molecule has 2 N–H and O–H groups in total. The summed E-state index contributed by atoms with van der Waals surface area (Å²) in [5.41, 5.74) is 3.59. The number of rotatable bonds is 10. The molecule has 5 nitrogen and oxygen atoms in total. The van der Waals surface area contributed by atoms with Crippen molar-refractivity contribution in [3.05, 3.63) is 96.6 Å². The van der Waals surface area contributed by atoms with Gasteiger partial charge in [0, 0.05) is 17.4 Å². The maximum absolute atomic E-state index is 12.2. The lowest BCUT2D eigenvalue weighted by Gasteiger charge is -2.11. The lowest BCUT2D eigenvalue weighted by molar-refractivity contribution is -0.114. The van der Waals surface area contributed by atoms with E-state index in [2.05, 4.69) is 17.2 Å². The summed E-state index contributed by atoms with van der Waals surface area (Å²) < 4.78 is 11.4. The van der Waals surface area contributed by atoms with Crippen molar-refractivity contribution in [2.45, 2.75) is 13.5 Å². The second-order valence-corrected chi connectivity index (χ2v) is 6.97. The van der Waals surface area contributed by atoms with Crippen LogP contribution in [0.4, 0.5) is 11.4 Å². The minimum absolute atomic E-state index is 0.138. The van der Waals surface area contributed by atoms with Crippen molar-refractivity contribution in [3.8, 4) is 11.5 Å². The van der Waals surface area contributed by atoms with Crippen LogP contribution < -0.4 is 20.1 Å². The highest BCUT2D eigenvalue weighted by Crippen LogP contribution is 2.19. The average Bonchev–Trinajstić information content (AvgIpc) is 2.77. The Morgan fingerprint density at radius 1 is 0.867 bits per heavy atom. The van der Waals surface area contributed by atoms with Crippen molar-refractivity contribution in [2.24, 2.45) is 0 Å². The number of carbonyl (C=O) groups excluding carboxylic acids is 1. The minimum Gasteiger partial charge on any atom is -0.489 e. The van der Waals surface area contributed by atoms with Gasteiger partial charge in [0.15, 0.2) is 0 Å². The Bertz CT molecular complexity index is 969. The fraction of sp³-hybridized carbons (Fsp3) is 0.160. The largest absolute Gasteiger partial charge is 0.489 e. The van der Waals surface area contributed by atoms with Crippen molar-refractivity contribution in [1.82, 2.24) is 0 Å². The van der Waals surface area contributed by atoms with E-state index in [1.165, 1.54) is 0 Å². The van der Waals surface area contributed by atoms with Gasteiger partial charge in [-0.2, -0.15) is 0 Å². The van der Waals surface area contributed by atoms with E-state index in [-0.39, 0.29) is 12.5 Å². The lowest BCUT2D eigenvalue weighted by Crippen LogP contribution is -2.21. The van der Waals surface area contributed by atoms with Crippen LogP contribution in [0.5, 0.6) is 11.5 Å². The van der Waals surface area contributed by atoms with Crippen molar-refractivity contribution < 1.29 is 14.3 Å². The number of hydrogen-bond donors (Lipinski definition) is 2. The van der Waals surface area contributed by atoms with Gasteiger partial charge in [-0.25, -0.2) is 0 Å². The molecule has 3 aromatic rings. The van der Waals surface area contributed by atoms with Gasteiger partial charge >= 0.3 is 0 Å². The van der Waals surface area contributed by atoms with Crippen LogP contribution >= 0.6 is 0 Å². The summed E-state index contributed by atoms with van der Waals surface area (Å²) in [5, 5.41) is 5.98. The summed E-state index contributed by atoms with van der Waals surface area (Å²) >= 11 is 0. The maximum Gasteiger partial charge on any atom is 0.243 e. The fourth-order valence-corrected chi connectivity index (χ4v) is 2.67. The lowest BCUT2D eigenvalue weighted by atomic mass is 10.2. The van der Waals surface area contributed by atoms with Gasteiger partial charge in [-0.1, -0.05) is 43.0 Å². The SMILES string of the molecule is C=C(C)COc1ccc(NC(=O)CNc2cccc(OCc3ccccc3)c2)cc1. The molecule has 3 rings (SSSR count). The molecule has 0 saturated carbocycles. The van der Waals surface area contributed by atoms with Crippen LogP contribution in [0.2, 0.25) is 0 Å². The quantitative estimate of drug-likeness (QED) is 0.454. The summed E-state index contributed by atoms with van der Waals surface area (Å²) in [6.45, 7) is 6.84. The number of ether oxygens (including phenoxy) is 2. The molecule has 0 aliphatic carbocycles. The Hall–Kier alpha value is -3.73. The molecule has 0 spiro atoms. The molecule has 3 aromatic carbocycles. The third-order valence-corrected chi connectivity index (χ3v) is 4.16. The zero-order valence-corrected chi connectivity index (χ0v) is 17.1. The van der Waals surface area contributed by atoms with Crippen LogP contribution in [-0.4, -0.2) is 19.1 Å². The maximum atomic E-state index is 12.2. The average molecular weight is 402 g/mol. The van der Waals surface area contributed by atoms with E-state index in [9.17, 15) is 4.79 Å². The first kappa shape index (κ1) is 21.0. The zero-order valence-electron chi connectivity index (χ0n) is 17.1. The van der Waals surface area contributed by atoms with Crippen LogP contribution in [0.1, 0.15) is 12.5 Å². The predicted octanol–water partition coefficient (Wildman–Crippen LogP) is 5.27. The van der Waals surface area contributed by atoms with Crippen molar-refractivity contribution in [3.63, 3.8) is 0 Å². The second kappa shape index (κ2) is 10.7. The van der Waals surface area contributed by atoms with Crippen molar-refractivity contribution in [1.29, 1.82) is 0 Å². The number of anilines is 2. The summed E-state index contributed by atoms with van der Waals surface area (Å²) in [6.07, 6.45) is 0. The monoisotopic (exact) mass is 402 g/mol. The van der Waals surface area contributed by atoms with Crippen LogP contribution in [0.15, 0.2) is 91.0 Å². The van der Waals surface area contributed by atoms with E-state index in [1.807, 2.05) is 85.8 Å². The molecule has 0 aliphatic heterocycles. The molecule has 0 heterocycles. The van der Waals surface area contributed by atoms with Crippen LogP contribution in [0.25, 0.3) is 0 Å². The van der Waals surface area contributed by atoms with Crippen molar-refractivity contribution >= 4 is 17.3 Å². The van der Waals surface area contributed by atoms with E-state index < -0.39 is 0 Å². The van der Waals surface area contributed by atoms with E-state index in [0.717, 1.165) is 28.3 Å². The first-order valence-corrected chi connectivity index (χ1v) is 9.76. The van der Waals surface area contributed by atoms with Gasteiger partial charge in [0.1, 0.15) is 24.7 Å². The van der Waals surface area contributed by atoms with Gasteiger partial charge in [-0.3, -0.25) is 4.79 Å². The molecule has 0 fully saturated rings. The molecule has 0 saturated heterocycles. The van der Waals surface area contributed by atoms with Crippen molar-refractivity contribution in [2.75, 3.05) is 23.8 Å². The van der Waals surface area contributed by atoms with E-state index >= 15 is 0 Å². The first-order chi connectivity index (χ1) is 14.6. The number of carbonyl (C=O) groups is 1. The highest BCUT2D eigenvalue weighted by molar-refractivity contribution is 5.93. The molecule has 0 aliphatic rings. The first-order valence-electron chi connectivity index (χ1n) is 9.76. The summed E-state index contributed by atoms with van der Waals surface area (Å²) in [7, 11) is 0. The molecule has 154 valence electrons. The molecule has 0 radical (unpaired) electrons. The minimum atomic E-state index is -0.138. The third-order valence-electron chi connectivity index (χ3n) is 4.16. The van der Waals surface area contributed by atoms with E-state index in [1.54, 1.807) is 0 Å². The van der Waals surface area contributed by atoms with Gasteiger partial charge in [-0.05, 0) is 54.5 Å². The van der Waals surface area contributed by atoms with Gasteiger partial charge < -0.3 is 20.1 Å². The molecule has 0 aromatic heterocycles. The highest BCUT2D eigenvalue weighted by atomic mass is 16.5. The van der Waals surface area contributed by atoms with Gasteiger partial charge in [-0.15, -0.1) is 0 Å². The standard InChI is InChI=1S/C25H26N2O3/c1-19(2)17-29-23-13-11-21(12-14-23)27-25(28)16-26-22-9-6-10-24(15-22)30-18-20-7-4-3-5-8-20/h3-15,26H,1,16-18H2,2H3,(H,27,28). The second-order valence-electron chi connectivity index (χ2n) is 6.97. The third kappa shape index (κ3) is 7.02. The van der Waals surface area contributed by atoms with E-state index in [0.29, 0.717) is 18.9 Å². The molecular weight excluding hydrogens is 376 g/mol. The fourth-order valence-electron chi connectivity index (χ4n) is 2.67. The van der Waals surface area contributed by atoms with Crippen LogP contribution in [-0.2, 0) is 11.4 Å². The molecule has 30 heavy (non-hydrogen) atoms. The predicted molar refractivity (Wildman–Crippen MR) is 121 cm³/mol. The summed E-state index contributed by atoms with van der Waals surface area (Å²) in [4.78, 5) is 12.2. The normalized spacial score (nSPS) is 10.2. The smallest absolute Gasteiger partial charge is 0.243 e. The Morgan fingerprint density at radius 3 is 2.37 bits per heavy atom. The molecule has 0 bridgehead atoms. The molecular formula is C25H26N2O3. The summed E-state index contributed by atoms with van der Waals surface area (Å²) in [6, 6.07) is 24.8. The number of amides is 1. The van der Waals surface area contributed by atoms with Gasteiger partial charge in [0.05, 0.1) is 6.54 Å². The molecule has 0 atom stereocenters. The Labute approximate surface area is 177 Å². The molecule has 1 amide bonds. The Kier molecular flexibility index (Phi) is 7.50. The Morgan fingerprint density at radius 2 is 1.63 bits per heavy atom. The highest BCUT2D eigenvalue weighted by Gasteiger charge is 2.04. The number of nitrogens with one attached hydrogen (secondary N) is 2. The topological polar surface area (TPSA) is 59.6 Å². The number of hydrogen-bond acceptors (Lipinski definition) is 4. The van der Waals surface area contributed by atoms with Crippen LogP contribution in [0.3, 0.4) is 0 Å². The zero-order chi connectivity index (χ0) is 21.2. The van der Waals surface area contributed by atoms with Crippen LogP contribution in [0, 0.1) is 0 Å².